The van der Waals surface area contributed by atoms with Gasteiger partial charge < -0.3 is 31.9 Å². The second kappa shape index (κ2) is 6.87. The Morgan fingerprint density at radius 3 is 1.15 bits per heavy atom. The number of rotatable bonds is 6. The maximum atomic E-state index is 11.8. The lowest BCUT2D eigenvalue weighted by Crippen LogP contribution is -2.49. The molecule has 2 atom stereocenters. The van der Waals surface area contributed by atoms with E-state index in [1.807, 2.05) is 0 Å². The summed E-state index contributed by atoms with van der Waals surface area (Å²) in [6.07, 6.45) is 0. The SMILES string of the molecule is NC(=C(N)C(O)(C(=O)O)c1ccccc1)C(O)(C(=O)O)c1ccccc1. The Bertz CT molecular complexity index is 781. The van der Waals surface area contributed by atoms with Gasteiger partial charge in [0.25, 0.3) is 0 Å². The molecule has 0 aliphatic rings. The van der Waals surface area contributed by atoms with E-state index in [0.29, 0.717) is 0 Å². The molecule has 0 aliphatic heterocycles. The largest absolute Gasteiger partial charge is 0.479 e. The number of carbonyl (C=O) groups is 2. The molecule has 2 aromatic rings. The van der Waals surface area contributed by atoms with Crippen LogP contribution in [0, 0.1) is 0 Å². The smallest absolute Gasteiger partial charge is 0.346 e. The van der Waals surface area contributed by atoms with Crippen molar-refractivity contribution in [1.82, 2.24) is 0 Å². The lowest BCUT2D eigenvalue weighted by atomic mass is 9.83. The fourth-order valence-corrected chi connectivity index (χ4v) is 2.54. The van der Waals surface area contributed by atoms with Crippen LogP contribution in [0.25, 0.3) is 0 Å². The van der Waals surface area contributed by atoms with Crippen LogP contribution in [0.2, 0.25) is 0 Å². The van der Waals surface area contributed by atoms with Crippen molar-refractivity contribution in [2.75, 3.05) is 0 Å². The van der Waals surface area contributed by atoms with E-state index in [4.69, 9.17) is 11.5 Å². The van der Waals surface area contributed by atoms with Gasteiger partial charge in [0.15, 0.2) is 0 Å². The van der Waals surface area contributed by atoms with Gasteiger partial charge in [-0.3, -0.25) is 0 Å². The third-order valence-electron chi connectivity index (χ3n) is 4.07. The van der Waals surface area contributed by atoms with E-state index >= 15 is 0 Å². The van der Waals surface area contributed by atoms with Gasteiger partial charge in [0.05, 0.1) is 11.4 Å². The minimum Gasteiger partial charge on any atom is -0.479 e. The number of aliphatic hydroxyl groups is 2. The van der Waals surface area contributed by atoms with Gasteiger partial charge >= 0.3 is 11.9 Å². The predicted octanol–water partition coefficient (Wildman–Crippen LogP) is 0.0602. The van der Waals surface area contributed by atoms with E-state index < -0.39 is 34.5 Å². The van der Waals surface area contributed by atoms with E-state index in [9.17, 15) is 30.0 Å². The summed E-state index contributed by atoms with van der Waals surface area (Å²) in [4.78, 5) is 23.5. The topological polar surface area (TPSA) is 167 Å². The highest BCUT2D eigenvalue weighted by molar-refractivity contribution is 5.87. The van der Waals surface area contributed by atoms with Crippen LogP contribution < -0.4 is 11.5 Å². The van der Waals surface area contributed by atoms with Gasteiger partial charge in [-0.05, 0) is 0 Å². The highest BCUT2D eigenvalue weighted by Gasteiger charge is 2.49. The third kappa shape index (κ3) is 2.87. The number of hydrogen-bond acceptors (Lipinski definition) is 6. The molecule has 2 unspecified atom stereocenters. The number of benzene rings is 2. The second-order valence-corrected chi connectivity index (χ2v) is 5.59. The van der Waals surface area contributed by atoms with E-state index in [-0.39, 0.29) is 11.1 Å². The molecule has 0 aromatic heterocycles. The van der Waals surface area contributed by atoms with E-state index in [0.717, 1.165) is 0 Å². The quantitative estimate of drug-likeness (QED) is 0.421. The molecule has 0 aliphatic carbocycles. The minimum atomic E-state index is -2.83. The fourth-order valence-electron chi connectivity index (χ4n) is 2.54. The molecule has 2 rings (SSSR count). The van der Waals surface area contributed by atoms with Gasteiger partial charge in [0.2, 0.25) is 11.2 Å². The van der Waals surface area contributed by atoms with Crippen LogP contribution in [0.15, 0.2) is 72.1 Å². The summed E-state index contributed by atoms with van der Waals surface area (Å²) in [7, 11) is 0. The molecule has 8 N–H and O–H groups in total. The van der Waals surface area contributed by atoms with Crippen molar-refractivity contribution >= 4 is 11.9 Å². The molecule has 0 bridgehead atoms. The summed E-state index contributed by atoms with van der Waals surface area (Å²) in [5.74, 6) is -3.55. The summed E-state index contributed by atoms with van der Waals surface area (Å²) in [6, 6.07) is 14.2. The first-order chi connectivity index (χ1) is 12.2. The Morgan fingerprint density at radius 2 is 0.923 bits per heavy atom. The van der Waals surface area contributed by atoms with Gasteiger partial charge in [-0.2, -0.15) is 0 Å². The zero-order valence-corrected chi connectivity index (χ0v) is 13.5. The highest BCUT2D eigenvalue weighted by Crippen LogP contribution is 2.35. The second-order valence-electron chi connectivity index (χ2n) is 5.59. The molecule has 0 radical (unpaired) electrons. The number of carboxylic acids is 2. The molecule has 8 heteroatoms. The first kappa shape index (κ1) is 19.0. The third-order valence-corrected chi connectivity index (χ3v) is 4.07. The Labute approximate surface area is 148 Å². The Balaban J connectivity index is 2.75. The predicted molar refractivity (Wildman–Crippen MR) is 91.4 cm³/mol. The van der Waals surface area contributed by atoms with Crippen molar-refractivity contribution in [2.45, 2.75) is 11.2 Å². The molecule has 0 saturated heterocycles. The molecule has 26 heavy (non-hydrogen) atoms. The van der Waals surface area contributed by atoms with Crippen LogP contribution in [-0.4, -0.2) is 32.4 Å². The summed E-state index contributed by atoms with van der Waals surface area (Å²) < 4.78 is 0. The standard InChI is InChI=1S/C18H18N2O6/c19-13(17(25,15(21)22)11-7-3-1-4-8-11)14(20)18(26,16(23)24)12-9-5-2-6-10-12/h1-10,25-26H,19-20H2,(H,21,22)(H,23,24). The molecule has 2 aromatic carbocycles. The van der Waals surface area contributed by atoms with Crippen LogP contribution in [0.4, 0.5) is 0 Å². The maximum Gasteiger partial charge on any atom is 0.346 e. The zero-order chi connectivity index (χ0) is 19.5. The van der Waals surface area contributed by atoms with Crippen molar-refractivity contribution in [1.29, 1.82) is 0 Å². The molecule has 0 spiro atoms. The molecule has 0 saturated carbocycles. The van der Waals surface area contributed by atoms with E-state index in [2.05, 4.69) is 0 Å². The lowest BCUT2D eigenvalue weighted by molar-refractivity contribution is -0.158. The first-order valence-corrected chi connectivity index (χ1v) is 7.45. The average Bonchev–Trinajstić information content (AvgIpc) is 2.66. The van der Waals surface area contributed by atoms with Crippen LogP contribution in [0.5, 0.6) is 0 Å². The molecular formula is C18H18N2O6. The fraction of sp³-hybridized carbons (Fsp3) is 0.111. The molecule has 8 nitrogen and oxygen atoms in total. The molecular weight excluding hydrogens is 340 g/mol. The maximum absolute atomic E-state index is 11.8. The van der Waals surface area contributed by atoms with Crippen molar-refractivity contribution in [3.05, 3.63) is 83.2 Å². The molecule has 0 amide bonds. The van der Waals surface area contributed by atoms with Gasteiger partial charge in [0, 0.05) is 11.1 Å². The summed E-state index contributed by atoms with van der Waals surface area (Å²) in [5, 5.41) is 40.5. The number of nitrogens with two attached hydrogens (primary N) is 2. The highest BCUT2D eigenvalue weighted by atomic mass is 16.4. The van der Waals surface area contributed by atoms with Gasteiger partial charge in [-0.25, -0.2) is 9.59 Å². The van der Waals surface area contributed by atoms with E-state index in [1.54, 1.807) is 12.1 Å². The Kier molecular flexibility index (Phi) is 5.01. The monoisotopic (exact) mass is 358 g/mol. The number of hydrogen-bond donors (Lipinski definition) is 6. The van der Waals surface area contributed by atoms with Crippen LogP contribution >= 0.6 is 0 Å². The molecule has 0 heterocycles. The van der Waals surface area contributed by atoms with Crippen molar-refractivity contribution in [3.63, 3.8) is 0 Å². The summed E-state index contributed by atoms with van der Waals surface area (Å²) in [5.41, 5.74) is 3.84. The van der Waals surface area contributed by atoms with Crippen LogP contribution in [0.1, 0.15) is 11.1 Å². The van der Waals surface area contributed by atoms with Crippen LogP contribution in [0.3, 0.4) is 0 Å². The summed E-state index contributed by atoms with van der Waals surface area (Å²) in [6.45, 7) is 0. The Hall–Kier alpha value is -3.36. The van der Waals surface area contributed by atoms with Crippen molar-refractivity contribution in [3.8, 4) is 0 Å². The molecule has 136 valence electrons. The van der Waals surface area contributed by atoms with Gasteiger partial charge in [0.1, 0.15) is 0 Å². The average molecular weight is 358 g/mol. The normalized spacial score (nSPS) is 16.7. The van der Waals surface area contributed by atoms with Gasteiger partial charge in [-0.15, -0.1) is 0 Å². The van der Waals surface area contributed by atoms with Crippen molar-refractivity contribution in [2.24, 2.45) is 11.5 Å². The first-order valence-electron chi connectivity index (χ1n) is 7.45. The number of carboxylic acid groups (broad SMARTS) is 2. The number of aliphatic carboxylic acids is 2. The molecule has 0 fully saturated rings. The minimum absolute atomic E-state index is 0.145. The van der Waals surface area contributed by atoms with E-state index in [1.165, 1.54) is 48.5 Å². The van der Waals surface area contributed by atoms with Gasteiger partial charge in [-0.1, -0.05) is 60.7 Å². The van der Waals surface area contributed by atoms with Crippen molar-refractivity contribution < 1.29 is 30.0 Å². The van der Waals surface area contributed by atoms with Crippen LogP contribution in [-0.2, 0) is 20.8 Å². The zero-order valence-electron chi connectivity index (χ0n) is 13.5. The lowest BCUT2D eigenvalue weighted by Gasteiger charge is -2.31. The Morgan fingerprint density at radius 1 is 0.654 bits per heavy atom. The summed E-state index contributed by atoms with van der Waals surface area (Å²) >= 11 is 0.